The highest BCUT2D eigenvalue weighted by molar-refractivity contribution is 8.00. The van der Waals surface area contributed by atoms with Crippen LogP contribution >= 0.6 is 23.4 Å². The second-order valence-corrected chi connectivity index (χ2v) is 7.36. The van der Waals surface area contributed by atoms with Gasteiger partial charge < -0.3 is 5.32 Å². The first-order valence-electron chi connectivity index (χ1n) is 7.75. The second-order valence-electron chi connectivity index (χ2n) is 5.70. The average Bonchev–Trinajstić information content (AvgIpc) is 2.58. The highest BCUT2D eigenvalue weighted by Gasteiger charge is 2.41. The van der Waals surface area contributed by atoms with E-state index in [0.717, 1.165) is 5.56 Å². The van der Waals surface area contributed by atoms with Gasteiger partial charge in [-0.15, -0.1) is 0 Å². The van der Waals surface area contributed by atoms with Crippen molar-refractivity contribution in [1.82, 2.24) is 10.2 Å². The molecule has 1 N–H and O–H groups in total. The van der Waals surface area contributed by atoms with Crippen LogP contribution in [0.1, 0.15) is 24.9 Å². The van der Waals surface area contributed by atoms with Crippen molar-refractivity contribution in [1.29, 1.82) is 0 Å². The molecule has 1 heterocycles. The summed E-state index contributed by atoms with van der Waals surface area (Å²) in [5, 5.41) is 2.53. The molecule has 2 atom stereocenters. The monoisotopic (exact) mass is 378 g/mol. The number of hydrogen-bond donors (Lipinski definition) is 1. The number of nitrogens with zero attached hydrogens (tertiary/aromatic N) is 1. The van der Waals surface area contributed by atoms with Gasteiger partial charge >= 0.3 is 6.03 Å². The summed E-state index contributed by atoms with van der Waals surface area (Å²) in [4.78, 5) is 26.2. The number of halogens is 2. The Morgan fingerprint density at radius 1 is 1.32 bits per heavy atom. The SMILES string of the molecule is C[C@@H](NC(=O)N1C(=O)C[C@H]1Sc1ccc(F)c(Cl)c1)c1ccccc1. The number of rotatable bonds is 4. The summed E-state index contributed by atoms with van der Waals surface area (Å²) >= 11 is 7.08. The molecule has 0 aliphatic carbocycles. The number of carbonyl (C=O) groups is 2. The molecule has 1 aliphatic rings. The van der Waals surface area contributed by atoms with E-state index in [1.807, 2.05) is 37.3 Å². The van der Waals surface area contributed by atoms with Crippen molar-refractivity contribution in [2.75, 3.05) is 0 Å². The van der Waals surface area contributed by atoms with Crippen LogP contribution in [0.5, 0.6) is 0 Å². The summed E-state index contributed by atoms with van der Waals surface area (Å²) in [5.41, 5.74) is 0.957. The Morgan fingerprint density at radius 2 is 2.04 bits per heavy atom. The Kier molecular flexibility index (Phi) is 5.30. The van der Waals surface area contributed by atoms with Crippen LogP contribution in [0.3, 0.4) is 0 Å². The highest BCUT2D eigenvalue weighted by atomic mass is 35.5. The maximum absolute atomic E-state index is 13.2. The van der Waals surface area contributed by atoms with Crippen molar-refractivity contribution in [2.45, 2.75) is 29.7 Å². The molecule has 7 heteroatoms. The maximum Gasteiger partial charge on any atom is 0.325 e. The number of hydrogen-bond acceptors (Lipinski definition) is 3. The summed E-state index contributed by atoms with van der Waals surface area (Å²) in [6.45, 7) is 1.86. The normalized spacial score (nSPS) is 17.8. The van der Waals surface area contributed by atoms with E-state index in [1.165, 1.54) is 28.8 Å². The first kappa shape index (κ1) is 17.8. The second kappa shape index (κ2) is 7.45. The van der Waals surface area contributed by atoms with Gasteiger partial charge in [0.25, 0.3) is 0 Å². The van der Waals surface area contributed by atoms with E-state index < -0.39 is 11.8 Å². The number of urea groups is 1. The molecule has 0 aromatic heterocycles. The molecule has 130 valence electrons. The molecule has 0 unspecified atom stereocenters. The molecular weight excluding hydrogens is 363 g/mol. The molecule has 0 bridgehead atoms. The van der Waals surface area contributed by atoms with Gasteiger partial charge in [-0.05, 0) is 30.7 Å². The molecule has 1 saturated heterocycles. The van der Waals surface area contributed by atoms with Crippen molar-refractivity contribution >= 4 is 35.3 Å². The van der Waals surface area contributed by atoms with E-state index in [2.05, 4.69) is 5.32 Å². The zero-order valence-electron chi connectivity index (χ0n) is 13.4. The van der Waals surface area contributed by atoms with Gasteiger partial charge in [0.15, 0.2) is 0 Å². The van der Waals surface area contributed by atoms with Crippen LogP contribution in [0.4, 0.5) is 9.18 Å². The Labute approximate surface area is 154 Å². The Balaban J connectivity index is 1.65. The summed E-state index contributed by atoms with van der Waals surface area (Å²) in [5.74, 6) is -0.731. The van der Waals surface area contributed by atoms with Gasteiger partial charge in [-0.3, -0.25) is 9.69 Å². The van der Waals surface area contributed by atoms with E-state index in [-0.39, 0.29) is 28.8 Å². The molecule has 0 spiro atoms. The number of nitrogens with one attached hydrogen (secondary N) is 1. The van der Waals surface area contributed by atoms with Crippen LogP contribution < -0.4 is 5.32 Å². The van der Waals surface area contributed by atoms with Crippen LogP contribution in [-0.4, -0.2) is 22.2 Å². The number of likely N-dealkylation sites (tertiary alicyclic amines) is 1. The van der Waals surface area contributed by atoms with Crippen LogP contribution in [0.25, 0.3) is 0 Å². The van der Waals surface area contributed by atoms with Gasteiger partial charge in [0.05, 0.1) is 17.5 Å². The fraction of sp³-hybridized carbons (Fsp3) is 0.222. The predicted octanol–water partition coefficient (Wildman–Crippen LogP) is 4.60. The van der Waals surface area contributed by atoms with Gasteiger partial charge in [0, 0.05) is 4.90 Å². The summed E-state index contributed by atoms with van der Waals surface area (Å²) < 4.78 is 13.2. The van der Waals surface area contributed by atoms with E-state index >= 15 is 0 Å². The molecule has 2 aromatic rings. The number of carbonyl (C=O) groups excluding carboxylic acids is 2. The topological polar surface area (TPSA) is 49.4 Å². The van der Waals surface area contributed by atoms with Crippen LogP contribution in [0, 0.1) is 5.82 Å². The van der Waals surface area contributed by atoms with Crippen molar-refractivity contribution in [2.24, 2.45) is 0 Å². The van der Waals surface area contributed by atoms with Crippen molar-refractivity contribution in [3.8, 4) is 0 Å². The minimum absolute atomic E-state index is 0.0179. The summed E-state index contributed by atoms with van der Waals surface area (Å²) in [6, 6.07) is 13.2. The van der Waals surface area contributed by atoms with Gasteiger partial charge in [-0.2, -0.15) is 0 Å². The van der Waals surface area contributed by atoms with E-state index in [0.29, 0.717) is 4.90 Å². The van der Waals surface area contributed by atoms with Crippen LogP contribution in [0.2, 0.25) is 5.02 Å². The minimum atomic E-state index is -0.498. The maximum atomic E-state index is 13.2. The highest BCUT2D eigenvalue weighted by Crippen LogP contribution is 2.36. The number of benzene rings is 2. The molecule has 1 aliphatic heterocycles. The zero-order valence-corrected chi connectivity index (χ0v) is 15.0. The van der Waals surface area contributed by atoms with Gasteiger partial charge in [0.1, 0.15) is 11.2 Å². The molecule has 25 heavy (non-hydrogen) atoms. The molecule has 1 fully saturated rings. The Morgan fingerprint density at radius 3 is 2.68 bits per heavy atom. The van der Waals surface area contributed by atoms with Gasteiger partial charge in [0.2, 0.25) is 5.91 Å². The smallest absolute Gasteiger partial charge is 0.325 e. The lowest BCUT2D eigenvalue weighted by atomic mass is 10.1. The number of thioether (sulfide) groups is 1. The first-order valence-corrected chi connectivity index (χ1v) is 9.00. The lowest BCUT2D eigenvalue weighted by molar-refractivity contribution is -0.137. The van der Waals surface area contributed by atoms with Crippen molar-refractivity contribution in [3.05, 3.63) is 64.9 Å². The van der Waals surface area contributed by atoms with Crippen LogP contribution in [0.15, 0.2) is 53.4 Å². The Hall–Kier alpha value is -2.05. The third-order valence-electron chi connectivity index (χ3n) is 3.93. The Bertz CT molecular complexity index is 803. The fourth-order valence-electron chi connectivity index (χ4n) is 2.51. The average molecular weight is 379 g/mol. The largest absolute Gasteiger partial charge is 0.331 e. The lowest BCUT2D eigenvalue weighted by Crippen LogP contribution is -2.57. The molecule has 2 aromatic carbocycles. The summed E-state index contributed by atoms with van der Waals surface area (Å²) in [7, 11) is 0. The first-order chi connectivity index (χ1) is 12.0. The van der Waals surface area contributed by atoms with Crippen LogP contribution in [-0.2, 0) is 4.79 Å². The van der Waals surface area contributed by atoms with Gasteiger partial charge in [-0.25, -0.2) is 9.18 Å². The van der Waals surface area contributed by atoms with E-state index in [9.17, 15) is 14.0 Å². The zero-order chi connectivity index (χ0) is 18.0. The van der Waals surface area contributed by atoms with Crippen molar-refractivity contribution in [3.63, 3.8) is 0 Å². The number of imide groups is 1. The molecule has 3 rings (SSSR count). The molecule has 0 radical (unpaired) electrons. The van der Waals surface area contributed by atoms with Gasteiger partial charge in [-0.1, -0.05) is 53.7 Å². The molecule has 4 nitrogen and oxygen atoms in total. The molecule has 0 saturated carbocycles. The van der Waals surface area contributed by atoms with E-state index in [4.69, 9.17) is 11.6 Å². The quantitative estimate of drug-likeness (QED) is 0.791. The summed E-state index contributed by atoms with van der Waals surface area (Å²) in [6.07, 6.45) is 0.257. The molecular formula is C18H16ClFN2O2S. The third-order valence-corrected chi connectivity index (χ3v) is 5.39. The fourth-order valence-corrected chi connectivity index (χ4v) is 3.95. The number of amides is 3. The van der Waals surface area contributed by atoms with E-state index in [1.54, 1.807) is 6.07 Å². The lowest BCUT2D eigenvalue weighted by Gasteiger charge is -2.38. The predicted molar refractivity (Wildman–Crippen MR) is 95.9 cm³/mol. The van der Waals surface area contributed by atoms with Crippen molar-refractivity contribution < 1.29 is 14.0 Å². The number of β-lactam (4-membered cyclic amide) rings is 1. The third kappa shape index (κ3) is 3.96. The standard InChI is InChI=1S/C18H16ClFN2O2S/c1-11(12-5-3-2-4-6-12)21-18(24)22-16(23)10-17(22)25-13-7-8-15(20)14(19)9-13/h2-9,11,17H,10H2,1H3,(H,21,24)/t11-,17-/m1/s1. The minimum Gasteiger partial charge on any atom is -0.331 e. The molecule has 3 amide bonds.